The Morgan fingerprint density at radius 1 is 1.26 bits per heavy atom. The van der Waals surface area contributed by atoms with Gasteiger partial charge in [-0.1, -0.05) is 37.2 Å². The van der Waals surface area contributed by atoms with Gasteiger partial charge in [0.25, 0.3) is 0 Å². The molecule has 3 N–H and O–H groups in total. The molecule has 8 nitrogen and oxygen atoms in total. The Labute approximate surface area is 158 Å². The number of aromatic nitrogens is 4. The molecule has 3 aromatic rings. The van der Waals surface area contributed by atoms with Crippen LogP contribution < -0.4 is 10.6 Å². The van der Waals surface area contributed by atoms with Crippen LogP contribution in [-0.4, -0.2) is 32.8 Å². The van der Waals surface area contributed by atoms with Gasteiger partial charge >= 0.3 is 0 Å². The lowest BCUT2D eigenvalue weighted by molar-refractivity contribution is 0.372. The lowest BCUT2D eigenvalue weighted by atomic mass is 10.1. The molecule has 1 aromatic carbocycles. The van der Waals surface area contributed by atoms with Gasteiger partial charge in [-0.05, 0) is 24.5 Å². The molecule has 0 saturated carbocycles. The van der Waals surface area contributed by atoms with Crippen LogP contribution in [0.25, 0.3) is 11.4 Å². The highest BCUT2D eigenvalue weighted by Gasteiger charge is 2.08. The van der Waals surface area contributed by atoms with Crippen LogP contribution in [0.4, 0.5) is 0 Å². The number of aliphatic imine (C=N–C) groups is 1. The van der Waals surface area contributed by atoms with Crippen molar-refractivity contribution in [1.82, 2.24) is 31.0 Å². The van der Waals surface area contributed by atoms with E-state index in [1.165, 1.54) is 6.33 Å². The molecule has 2 heterocycles. The number of rotatable bonds is 7. The summed E-state index contributed by atoms with van der Waals surface area (Å²) in [6.07, 6.45) is 1.50. The molecular weight excluding hydrogens is 342 g/mol. The normalized spacial score (nSPS) is 11.8. The number of guanidine groups is 1. The minimum Gasteiger partial charge on any atom is -0.359 e. The van der Waals surface area contributed by atoms with E-state index in [2.05, 4.69) is 55.9 Å². The van der Waals surface area contributed by atoms with Gasteiger partial charge in [-0.25, -0.2) is 9.98 Å². The maximum Gasteiger partial charge on any atom is 0.191 e. The lowest BCUT2D eigenvalue weighted by Gasteiger charge is -2.10. The van der Waals surface area contributed by atoms with E-state index < -0.39 is 0 Å². The maximum atomic E-state index is 5.36. The first-order chi connectivity index (χ1) is 13.2. The van der Waals surface area contributed by atoms with Gasteiger partial charge in [-0.2, -0.15) is 5.10 Å². The number of hydrogen-bond donors (Lipinski definition) is 3. The van der Waals surface area contributed by atoms with E-state index in [1.807, 2.05) is 31.2 Å². The van der Waals surface area contributed by atoms with Gasteiger partial charge in [0, 0.05) is 18.2 Å². The Morgan fingerprint density at radius 3 is 2.85 bits per heavy atom. The first-order valence-corrected chi connectivity index (χ1v) is 9.08. The van der Waals surface area contributed by atoms with E-state index in [0.29, 0.717) is 19.0 Å². The van der Waals surface area contributed by atoms with Crippen molar-refractivity contribution in [2.24, 2.45) is 4.99 Å². The van der Waals surface area contributed by atoms with Gasteiger partial charge in [-0.3, -0.25) is 5.10 Å². The topological polar surface area (TPSA) is 104 Å². The van der Waals surface area contributed by atoms with Crippen LogP contribution in [-0.2, 0) is 13.1 Å². The van der Waals surface area contributed by atoms with E-state index in [9.17, 15) is 0 Å². The van der Waals surface area contributed by atoms with E-state index >= 15 is 0 Å². The fourth-order valence-electron chi connectivity index (χ4n) is 2.53. The Bertz CT molecular complexity index is 868. The van der Waals surface area contributed by atoms with Crippen LogP contribution in [0.3, 0.4) is 0 Å². The molecule has 2 aromatic heterocycles. The molecule has 0 saturated heterocycles. The monoisotopic (exact) mass is 367 g/mol. The third-order valence-corrected chi connectivity index (χ3v) is 3.98. The summed E-state index contributed by atoms with van der Waals surface area (Å²) in [6.45, 7) is 8.07. The summed E-state index contributed by atoms with van der Waals surface area (Å²) in [4.78, 5) is 8.84. The molecule has 0 amide bonds. The second-order valence-electron chi connectivity index (χ2n) is 6.46. The fourth-order valence-corrected chi connectivity index (χ4v) is 2.53. The summed E-state index contributed by atoms with van der Waals surface area (Å²) in [5.74, 6) is 2.61. The summed E-state index contributed by atoms with van der Waals surface area (Å²) in [7, 11) is 0. The summed E-state index contributed by atoms with van der Waals surface area (Å²) >= 11 is 0. The second kappa shape index (κ2) is 8.98. The molecule has 0 radical (unpaired) electrons. The molecule has 0 bridgehead atoms. The Hall–Kier alpha value is -3.16. The Balaban J connectivity index is 1.64. The molecular formula is C19H25N7O. The first-order valence-electron chi connectivity index (χ1n) is 9.08. The van der Waals surface area contributed by atoms with E-state index in [4.69, 9.17) is 4.52 Å². The predicted molar refractivity (Wildman–Crippen MR) is 104 cm³/mol. The summed E-state index contributed by atoms with van der Waals surface area (Å²) in [5, 5.41) is 17.4. The fraction of sp³-hybridized carbons (Fsp3) is 0.368. The van der Waals surface area contributed by atoms with Crippen molar-refractivity contribution in [3.05, 3.63) is 53.7 Å². The number of aromatic amines is 1. The number of hydrogen-bond acceptors (Lipinski definition) is 5. The van der Waals surface area contributed by atoms with Crippen LogP contribution in [0.1, 0.15) is 43.7 Å². The number of benzene rings is 1. The van der Waals surface area contributed by atoms with Gasteiger partial charge in [-0.15, -0.1) is 0 Å². The van der Waals surface area contributed by atoms with Gasteiger partial charge in [0.15, 0.2) is 17.5 Å². The highest BCUT2D eigenvalue weighted by molar-refractivity contribution is 5.79. The summed E-state index contributed by atoms with van der Waals surface area (Å²) < 4.78 is 5.36. The van der Waals surface area contributed by atoms with Crippen molar-refractivity contribution < 1.29 is 4.52 Å². The number of H-pyrrole nitrogens is 1. The van der Waals surface area contributed by atoms with Gasteiger partial charge < -0.3 is 15.2 Å². The molecule has 27 heavy (non-hydrogen) atoms. The Kier molecular flexibility index (Phi) is 6.19. The van der Waals surface area contributed by atoms with Gasteiger partial charge in [0.2, 0.25) is 0 Å². The molecule has 0 unspecified atom stereocenters. The summed E-state index contributed by atoms with van der Waals surface area (Å²) in [6, 6.07) is 10.1. The standard InChI is InChI=1S/C19H25N7O/c1-4-20-19(22-11-16-9-17(13(2)3)26-27-16)21-10-14-6-5-7-15(8-14)18-23-12-24-25-18/h5-9,12-13H,4,10-11H2,1-3H3,(H2,20,21,22)(H,23,24,25). The zero-order chi connectivity index (χ0) is 19.1. The quantitative estimate of drug-likeness (QED) is 0.438. The summed E-state index contributed by atoms with van der Waals surface area (Å²) in [5.41, 5.74) is 3.03. The van der Waals surface area contributed by atoms with Crippen molar-refractivity contribution >= 4 is 5.96 Å². The third kappa shape index (κ3) is 5.16. The minimum atomic E-state index is 0.348. The predicted octanol–water partition coefficient (Wildman–Crippen LogP) is 2.84. The van der Waals surface area contributed by atoms with E-state index in [0.717, 1.165) is 40.9 Å². The largest absolute Gasteiger partial charge is 0.359 e. The zero-order valence-corrected chi connectivity index (χ0v) is 15.9. The number of nitrogens with one attached hydrogen (secondary N) is 3. The average molecular weight is 367 g/mol. The van der Waals surface area contributed by atoms with Gasteiger partial charge in [0.1, 0.15) is 6.33 Å². The van der Waals surface area contributed by atoms with E-state index in [1.54, 1.807) is 0 Å². The highest BCUT2D eigenvalue weighted by Crippen LogP contribution is 2.16. The lowest BCUT2D eigenvalue weighted by Crippen LogP contribution is -2.36. The van der Waals surface area contributed by atoms with Crippen molar-refractivity contribution in [2.45, 2.75) is 39.8 Å². The molecule has 8 heteroatoms. The minimum absolute atomic E-state index is 0.348. The van der Waals surface area contributed by atoms with Crippen LogP contribution in [0, 0.1) is 0 Å². The van der Waals surface area contributed by atoms with Crippen LogP contribution >= 0.6 is 0 Å². The van der Waals surface area contributed by atoms with Crippen LogP contribution in [0.15, 0.2) is 46.2 Å². The van der Waals surface area contributed by atoms with Crippen molar-refractivity contribution in [3.8, 4) is 11.4 Å². The van der Waals surface area contributed by atoms with Crippen LogP contribution in [0.2, 0.25) is 0 Å². The molecule has 0 atom stereocenters. The van der Waals surface area contributed by atoms with E-state index in [-0.39, 0.29) is 0 Å². The number of nitrogens with zero attached hydrogens (tertiary/aromatic N) is 4. The molecule has 0 fully saturated rings. The second-order valence-corrected chi connectivity index (χ2v) is 6.46. The molecule has 0 aliphatic heterocycles. The third-order valence-electron chi connectivity index (χ3n) is 3.98. The highest BCUT2D eigenvalue weighted by atomic mass is 16.5. The average Bonchev–Trinajstić information content (AvgIpc) is 3.36. The van der Waals surface area contributed by atoms with Crippen molar-refractivity contribution in [1.29, 1.82) is 0 Å². The van der Waals surface area contributed by atoms with Crippen molar-refractivity contribution in [3.63, 3.8) is 0 Å². The smallest absolute Gasteiger partial charge is 0.191 e. The maximum absolute atomic E-state index is 5.36. The molecule has 3 rings (SSSR count). The molecule has 142 valence electrons. The molecule has 0 spiro atoms. The first kappa shape index (κ1) is 18.6. The molecule has 0 aliphatic rings. The zero-order valence-electron chi connectivity index (χ0n) is 15.9. The van der Waals surface area contributed by atoms with Gasteiger partial charge in [0.05, 0.1) is 18.8 Å². The molecule has 0 aliphatic carbocycles. The van der Waals surface area contributed by atoms with Crippen molar-refractivity contribution in [2.75, 3.05) is 6.54 Å². The van der Waals surface area contributed by atoms with Crippen LogP contribution in [0.5, 0.6) is 0 Å². The SMILES string of the molecule is CCNC(=NCc1cccc(-c2ncn[nH]2)c1)NCc1cc(C(C)C)no1. The Morgan fingerprint density at radius 2 is 2.15 bits per heavy atom.